The van der Waals surface area contributed by atoms with Gasteiger partial charge < -0.3 is 13.8 Å². The van der Waals surface area contributed by atoms with Crippen molar-refractivity contribution in [3.63, 3.8) is 0 Å². The number of rotatable bonds is 5. The molecule has 0 aliphatic carbocycles. The summed E-state index contributed by atoms with van der Waals surface area (Å²) in [5, 5.41) is 0. The van der Waals surface area contributed by atoms with Crippen LogP contribution in [0.5, 0.6) is 11.5 Å². The lowest BCUT2D eigenvalue weighted by Crippen LogP contribution is -2.23. The van der Waals surface area contributed by atoms with Crippen molar-refractivity contribution in [1.29, 1.82) is 0 Å². The fraction of sp³-hybridized carbons (Fsp3) is 0.235. The highest BCUT2D eigenvalue weighted by molar-refractivity contribution is 7.87. The highest BCUT2D eigenvalue weighted by atomic mass is 32.2. The number of anilines is 1. The summed E-state index contributed by atoms with van der Waals surface area (Å²) < 4.78 is 34.9. The molecule has 0 N–H and O–H groups in total. The number of methoxy groups -OCH3 is 1. The third kappa shape index (κ3) is 3.35. The van der Waals surface area contributed by atoms with Crippen molar-refractivity contribution in [3.8, 4) is 11.5 Å². The van der Waals surface area contributed by atoms with Crippen LogP contribution in [0.3, 0.4) is 0 Å². The van der Waals surface area contributed by atoms with Gasteiger partial charge in [0.1, 0.15) is 16.4 Å². The molecule has 0 radical (unpaired) electrons. The lowest BCUT2D eigenvalue weighted by Gasteiger charge is -2.16. The first-order valence-corrected chi connectivity index (χ1v) is 8.89. The van der Waals surface area contributed by atoms with E-state index in [0.717, 1.165) is 6.42 Å². The summed E-state index contributed by atoms with van der Waals surface area (Å²) in [7, 11) is -2.46. The number of hydrogen-bond donors (Lipinski definition) is 0. The number of benzene rings is 2. The van der Waals surface area contributed by atoms with E-state index in [2.05, 4.69) is 0 Å². The van der Waals surface area contributed by atoms with E-state index in [1.54, 1.807) is 29.2 Å². The minimum absolute atomic E-state index is 0.0284. The van der Waals surface area contributed by atoms with Crippen molar-refractivity contribution in [2.75, 3.05) is 18.6 Å². The molecule has 1 saturated heterocycles. The molecule has 2 aromatic rings. The largest absolute Gasteiger partial charge is 0.497 e. The molecule has 0 saturated carbocycles. The number of nitrogens with zero attached hydrogens (tertiary/aromatic N) is 1. The molecule has 0 spiro atoms. The standard InChI is InChI=1S/C17H17NO5S/c1-22-14-4-2-5-15(12-14)23-24(20,21)16-9-7-13(8-10-16)18-11-3-6-17(18)19/h2,4-5,7-10,12H,3,6,11H2,1H3. The minimum Gasteiger partial charge on any atom is -0.497 e. The van der Waals surface area contributed by atoms with E-state index < -0.39 is 10.1 Å². The smallest absolute Gasteiger partial charge is 0.339 e. The summed E-state index contributed by atoms with van der Waals surface area (Å²) in [6.45, 7) is 0.658. The normalized spacial score (nSPS) is 14.7. The molecule has 0 unspecified atom stereocenters. The van der Waals surface area contributed by atoms with Crippen molar-refractivity contribution in [3.05, 3.63) is 48.5 Å². The van der Waals surface area contributed by atoms with Gasteiger partial charge >= 0.3 is 10.1 Å². The van der Waals surface area contributed by atoms with Crippen molar-refractivity contribution >= 4 is 21.7 Å². The second-order valence-corrected chi connectivity index (χ2v) is 6.91. The van der Waals surface area contributed by atoms with Crippen molar-refractivity contribution in [2.24, 2.45) is 0 Å². The van der Waals surface area contributed by atoms with E-state index in [1.165, 1.54) is 31.4 Å². The minimum atomic E-state index is -3.95. The average Bonchev–Trinajstić information content (AvgIpc) is 3.01. The van der Waals surface area contributed by atoms with E-state index in [1.807, 2.05) is 0 Å². The van der Waals surface area contributed by atoms with Gasteiger partial charge in [0.05, 0.1) is 7.11 Å². The van der Waals surface area contributed by atoms with Crippen LogP contribution in [0.2, 0.25) is 0 Å². The summed E-state index contributed by atoms with van der Waals surface area (Å²) in [6, 6.07) is 12.5. The predicted molar refractivity (Wildman–Crippen MR) is 88.8 cm³/mol. The van der Waals surface area contributed by atoms with E-state index in [0.29, 0.717) is 24.4 Å². The zero-order chi connectivity index (χ0) is 17.2. The fourth-order valence-corrected chi connectivity index (χ4v) is 3.46. The number of amides is 1. The van der Waals surface area contributed by atoms with E-state index in [9.17, 15) is 13.2 Å². The SMILES string of the molecule is COc1cccc(OS(=O)(=O)c2ccc(N3CCCC3=O)cc2)c1. The Labute approximate surface area is 140 Å². The number of carbonyl (C=O) groups excluding carboxylic acids is 1. The Morgan fingerprint density at radius 3 is 2.38 bits per heavy atom. The Kier molecular flexibility index (Phi) is 4.44. The van der Waals surface area contributed by atoms with Crippen LogP contribution in [0.4, 0.5) is 5.69 Å². The first-order chi connectivity index (χ1) is 11.5. The molecule has 1 amide bonds. The Bertz CT molecular complexity index is 846. The predicted octanol–water partition coefficient (Wildman–Crippen LogP) is 2.59. The molecular formula is C17H17NO5S. The molecular weight excluding hydrogens is 330 g/mol. The maximum atomic E-state index is 12.4. The zero-order valence-electron chi connectivity index (χ0n) is 13.1. The van der Waals surface area contributed by atoms with Crippen molar-refractivity contribution in [2.45, 2.75) is 17.7 Å². The Morgan fingerprint density at radius 2 is 1.75 bits per heavy atom. The molecule has 3 rings (SSSR count). The molecule has 0 bridgehead atoms. The summed E-state index contributed by atoms with van der Waals surface area (Å²) >= 11 is 0. The molecule has 6 nitrogen and oxygen atoms in total. The second-order valence-electron chi connectivity index (χ2n) is 5.36. The van der Waals surface area contributed by atoms with Gasteiger partial charge in [-0.1, -0.05) is 6.07 Å². The molecule has 1 aliphatic rings. The van der Waals surface area contributed by atoms with Crippen LogP contribution in [-0.2, 0) is 14.9 Å². The number of hydrogen-bond acceptors (Lipinski definition) is 5. The zero-order valence-corrected chi connectivity index (χ0v) is 14.0. The molecule has 0 atom stereocenters. The van der Waals surface area contributed by atoms with E-state index in [4.69, 9.17) is 8.92 Å². The van der Waals surface area contributed by atoms with Gasteiger partial charge in [0.2, 0.25) is 5.91 Å². The maximum absolute atomic E-state index is 12.4. The van der Waals surface area contributed by atoms with Crippen molar-refractivity contribution < 1.29 is 22.1 Å². The molecule has 126 valence electrons. The summed E-state index contributed by atoms with van der Waals surface area (Å²) in [5.41, 5.74) is 0.692. The fourth-order valence-electron chi connectivity index (χ4n) is 2.54. The van der Waals surface area contributed by atoms with Crippen LogP contribution in [-0.4, -0.2) is 28.0 Å². The monoisotopic (exact) mass is 347 g/mol. The van der Waals surface area contributed by atoms with Crippen LogP contribution >= 0.6 is 0 Å². The lowest BCUT2D eigenvalue weighted by molar-refractivity contribution is -0.117. The maximum Gasteiger partial charge on any atom is 0.339 e. The van der Waals surface area contributed by atoms with Crippen LogP contribution in [0.15, 0.2) is 53.4 Å². The molecule has 2 aromatic carbocycles. The molecule has 1 heterocycles. The van der Waals surface area contributed by atoms with Crippen LogP contribution < -0.4 is 13.8 Å². The van der Waals surface area contributed by atoms with E-state index in [-0.39, 0.29) is 16.6 Å². The second kappa shape index (κ2) is 6.52. The third-order valence-corrected chi connectivity index (χ3v) is 5.02. The first kappa shape index (κ1) is 16.3. The molecule has 1 fully saturated rings. The van der Waals surface area contributed by atoms with Gasteiger partial charge in [0, 0.05) is 24.7 Å². The van der Waals surface area contributed by atoms with Gasteiger partial charge in [-0.2, -0.15) is 8.42 Å². The van der Waals surface area contributed by atoms with Crippen LogP contribution in [0, 0.1) is 0 Å². The van der Waals surface area contributed by atoms with Crippen LogP contribution in [0.1, 0.15) is 12.8 Å². The Morgan fingerprint density at radius 1 is 1.04 bits per heavy atom. The molecule has 7 heteroatoms. The van der Waals surface area contributed by atoms with E-state index >= 15 is 0 Å². The average molecular weight is 347 g/mol. The van der Waals surface area contributed by atoms with Crippen molar-refractivity contribution in [1.82, 2.24) is 0 Å². The lowest BCUT2D eigenvalue weighted by atomic mass is 10.3. The van der Waals surface area contributed by atoms with Gasteiger partial charge in [-0.25, -0.2) is 0 Å². The topological polar surface area (TPSA) is 72.9 Å². The third-order valence-electron chi connectivity index (χ3n) is 3.76. The van der Waals surface area contributed by atoms with Gasteiger partial charge in [-0.3, -0.25) is 4.79 Å². The summed E-state index contributed by atoms with van der Waals surface area (Å²) in [4.78, 5) is 13.4. The van der Waals surface area contributed by atoms with Gasteiger partial charge in [0.25, 0.3) is 0 Å². The highest BCUT2D eigenvalue weighted by Gasteiger charge is 2.23. The molecule has 0 aromatic heterocycles. The Balaban J connectivity index is 1.80. The first-order valence-electron chi connectivity index (χ1n) is 7.48. The number of carbonyl (C=O) groups is 1. The van der Waals surface area contributed by atoms with Gasteiger partial charge in [-0.05, 0) is 42.8 Å². The van der Waals surface area contributed by atoms with Gasteiger partial charge in [-0.15, -0.1) is 0 Å². The highest BCUT2D eigenvalue weighted by Crippen LogP contribution is 2.26. The summed E-state index contributed by atoms with van der Waals surface area (Å²) in [6.07, 6.45) is 1.34. The quantitative estimate of drug-likeness (QED) is 0.777. The molecule has 24 heavy (non-hydrogen) atoms. The summed E-state index contributed by atoms with van der Waals surface area (Å²) in [5.74, 6) is 0.733. The molecule has 1 aliphatic heterocycles. The van der Waals surface area contributed by atoms with Crippen LogP contribution in [0.25, 0.3) is 0 Å². The van der Waals surface area contributed by atoms with Gasteiger partial charge in [0.15, 0.2) is 0 Å². The Hall–Kier alpha value is -2.54. The number of ether oxygens (including phenoxy) is 1.